The minimum Gasteiger partial charge on any atom is -0.393 e. The summed E-state index contributed by atoms with van der Waals surface area (Å²) in [4.78, 5) is 13.4. The first-order valence-electron chi connectivity index (χ1n) is 6.54. The lowest BCUT2D eigenvalue weighted by atomic mass is 9.87. The molecule has 1 rings (SSSR count). The monoisotopic (exact) mass is 242 g/mol. The van der Waals surface area contributed by atoms with Crippen molar-refractivity contribution in [1.29, 1.82) is 0 Å². The Morgan fingerprint density at radius 2 is 2.12 bits per heavy atom. The lowest BCUT2D eigenvalue weighted by molar-refractivity contribution is -0.131. The van der Waals surface area contributed by atoms with Crippen LogP contribution in [0.15, 0.2) is 0 Å². The summed E-state index contributed by atoms with van der Waals surface area (Å²) in [6, 6.07) is 0.358. The fraction of sp³-hybridized carbons (Fsp3) is 0.923. The number of carbonyl (C=O) groups is 1. The van der Waals surface area contributed by atoms with Crippen molar-refractivity contribution in [3.05, 3.63) is 0 Å². The molecule has 1 saturated heterocycles. The summed E-state index contributed by atoms with van der Waals surface area (Å²) in [5.41, 5.74) is 0. The normalized spacial score (nSPS) is 27.3. The number of hydrogen-bond acceptors (Lipinski definition) is 3. The number of aliphatic hydroxyl groups is 1. The van der Waals surface area contributed by atoms with Crippen molar-refractivity contribution >= 4 is 5.91 Å². The highest BCUT2D eigenvalue weighted by Gasteiger charge is 2.29. The average Bonchev–Trinajstić information content (AvgIpc) is 2.28. The van der Waals surface area contributed by atoms with E-state index in [1.807, 2.05) is 25.8 Å². The first-order chi connectivity index (χ1) is 7.93. The Morgan fingerprint density at radius 1 is 1.47 bits per heavy atom. The molecule has 1 aliphatic heterocycles. The molecule has 4 heteroatoms. The Balaban J connectivity index is 2.56. The van der Waals surface area contributed by atoms with E-state index in [0.29, 0.717) is 12.0 Å². The van der Waals surface area contributed by atoms with Crippen LogP contribution in [-0.4, -0.2) is 48.2 Å². The molecule has 0 aromatic heterocycles. The van der Waals surface area contributed by atoms with Gasteiger partial charge in [0.2, 0.25) is 5.91 Å². The van der Waals surface area contributed by atoms with Gasteiger partial charge in [0.05, 0.1) is 6.10 Å². The van der Waals surface area contributed by atoms with Gasteiger partial charge in [-0.25, -0.2) is 0 Å². The SMILES string of the molecule is CNC1CC(CC(O)C(C)C)CN(C(C)=O)C1. The number of amides is 1. The number of likely N-dealkylation sites (tertiary alicyclic amines) is 1. The van der Waals surface area contributed by atoms with Gasteiger partial charge in [0.25, 0.3) is 0 Å². The predicted molar refractivity (Wildman–Crippen MR) is 68.7 cm³/mol. The van der Waals surface area contributed by atoms with Crippen LogP contribution in [0.2, 0.25) is 0 Å². The van der Waals surface area contributed by atoms with Gasteiger partial charge in [-0.3, -0.25) is 4.79 Å². The zero-order valence-electron chi connectivity index (χ0n) is 11.4. The maximum Gasteiger partial charge on any atom is 0.219 e. The third-order valence-corrected chi connectivity index (χ3v) is 3.74. The fourth-order valence-electron chi connectivity index (χ4n) is 2.45. The van der Waals surface area contributed by atoms with Gasteiger partial charge < -0.3 is 15.3 Å². The number of nitrogens with zero attached hydrogens (tertiary/aromatic N) is 1. The summed E-state index contributed by atoms with van der Waals surface area (Å²) in [5.74, 6) is 0.826. The highest BCUT2D eigenvalue weighted by atomic mass is 16.3. The van der Waals surface area contributed by atoms with Crippen LogP contribution in [-0.2, 0) is 4.79 Å². The second kappa shape index (κ2) is 6.36. The molecule has 100 valence electrons. The maximum absolute atomic E-state index is 11.5. The molecular formula is C13H26N2O2. The van der Waals surface area contributed by atoms with Crippen LogP contribution in [0.4, 0.5) is 0 Å². The second-order valence-electron chi connectivity index (χ2n) is 5.56. The number of carbonyl (C=O) groups excluding carboxylic acids is 1. The molecule has 0 aromatic carbocycles. The zero-order chi connectivity index (χ0) is 13.0. The Labute approximate surface area is 104 Å². The molecule has 1 fully saturated rings. The molecule has 0 aliphatic carbocycles. The van der Waals surface area contributed by atoms with Crippen molar-refractivity contribution in [3.63, 3.8) is 0 Å². The smallest absolute Gasteiger partial charge is 0.219 e. The van der Waals surface area contributed by atoms with Gasteiger partial charge in [0.15, 0.2) is 0 Å². The van der Waals surface area contributed by atoms with E-state index in [2.05, 4.69) is 5.32 Å². The summed E-state index contributed by atoms with van der Waals surface area (Å²) < 4.78 is 0. The molecule has 2 N–H and O–H groups in total. The van der Waals surface area contributed by atoms with Crippen molar-refractivity contribution in [2.45, 2.75) is 45.8 Å². The number of rotatable bonds is 4. The summed E-state index contributed by atoms with van der Waals surface area (Å²) in [6.45, 7) is 7.27. The molecule has 1 amide bonds. The van der Waals surface area contributed by atoms with Crippen molar-refractivity contribution in [2.75, 3.05) is 20.1 Å². The van der Waals surface area contributed by atoms with Crippen LogP contribution in [0.3, 0.4) is 0 Å². The topological polar surface area (TPSA) is 52.6 Å². The third kappa shape index (κ3) is 4.28. The quantitative estimate of drug-likeness (QED) is 0.768. The number of hydrogen-bond donors (Lipinski definition) is 2. The van der Waals surface area contributed by atoms with E-state index >= 15 is 0 Å². The molecule has 0 radical (unpaired) electrons. The van der Waals surface area contributed by atoms with Crippen molar-refractivity contribution in [3.8, 4) is 0 Å². The summed E-state index contributed by atoms with van der Waals surface area (Å²) in [6.07, 6.45) is 1.58. The summed E-state index contributed by atoms with van der Waals surface area (Å²) >= 11 is 0. The van der Waals surface area contributed by atoms with Gasteiger partial charge in [-0.1, -0.05) is 13.8 Å². The number of aliphatic hydroxyl groups excluding tert-OH is 1. The first kappa shape index (κ1) is 14.5. The number of piperidine rings is 1. The molecule has 1 aliphatic rings. The van der Waals surface area contributed by atoms with Crippen molar-refractivity contribution in [1.82, 2.24) is 10.2 Å². The molecule has 0 aromatic rings. The van der Waals surface area contributed by atoms with Crippen LogP contribution in [0, 0.1) is 11.8 Å². The fourth-order valence-corrected chi connectivity index (χ4v) is 2.45. The van der Waals surface area contributed by atoms with E-state index in [1.54, 1.807) is 6.92 Å². The van der Waals surface area contributed by atoms with Crippen LogP contribution in [0.1, 0.15) is 33.6 Å². The van der Waals surface area contributed by atoms with E-state index < -0.39 is 0 Å². The van der Waals surface area contributed by atoms with Crippen LogP contribution < -0.4 is 5.32 Å². The highest BCUT2D eigenvalue weighted by molar-refractivity contribution is 5.73. The van der Waals surface area contributed by atoms with Crippen molar-refractivity contribution < 1.29 is 9.90 Å². The lowest BCUT2D eigenvalue weighted by Crippen LogP contribution is -2.50. The molecule has 0 bridgehead atoms. The molecule has 3 atom stereocenters. The average molecular weight is 242 g/mol. The standard InChI is InChI=1S/C13H26N2O2/c1-9(2)13(17)6-11-5-12(14-4)8-15(7-11)10(3)16/h9,11-14,17H,5-8H2,1-4H3. The Bertz CT molecular complexity index is 256. The zero-order valence-corrected chi connectivity index (χ0v) is 11.4. The predicted octanol–water partition coefficient (Wildman–Crippen LogP) is 0.850. The molecule has 0 spiro atoms. The van der Waals surface area contributed by atoms with E-state index in [1.165, 1.54) is 0 Å². The first-order valence-corrected chi connectivity index (χ1v) is 6.54. The van der Waals surface area contributed by atoms with E-state index in [0.717, 1.165) is 25.9 Å². The summed E-state index contributed by atoms with van der Waals surface area (Å²) in [5, 5.41) is 13.2. The highest BCUT2D eigenvalue weighted by Crippen LogP contribution is 2.23. The Kier molecular flexibility index (Phi) is 5.40. The van der Waals surface area contributed by atoms with Gasteiger partial charge in [-0.05, 0) is 31.7 Å². The number of likely N-dealkylation sites (N-methyl/N-ethyl adjacent to an activating group) is 1. The van der Waals surface area contributed by atoms with E-state index in [9.17, 15) is 9.90 Å². The molecular weight excluding hydrogens is 216 g/mol. The lowest BCUT2D eigenvalue weighted by Gasteiger charge is -2.38. The van der Waals surface area contributed by atoms with Gasteiger partial charge >= 0.3 is 0 Å². The second-order valence-corrected chi connectivity index (χ2v) is 5.56. The molecule has 0 saturated carbocycles. The Hall–Kier alpha value is -0.610. The molecule has 1 heterocycles. The van der Waals surface area contributed by atoms with Crippen LogP contribution in [0.25, 0.3) is 0 Å². The molecule has 4 nitrogen and oxygen atoms in total. The molecule has 17 heavy (non-hydrogen) atoms. The van der Waals surface area contributed by atoms with Gasteiger partial charge in [-0.15, -0.1) is 0 Å². The van der Waals surface area contributed by atoms with Crippen LogP contribution >= 0.6 is 0 Å². The van der Waals surface area contributed by atoms with E-state index in [4.69, 9.17) is 0 Å². The van der Waals surface area contributed by atoms with Gasteiger partial charge in [0, 0.05) is 26.1 Å². The molecule has 3 unspecified atom stereocenters. The Morgan fingerprint density at radius 3 is 2.59 bits per heavy atom. The number of nitrogens with one attached hydrogen (secondary N) is 1. The van der Waals surface area contributed by atoms with E-state index in [-0.39, 0.29) is 17.9 Å². The summed E-state index contributed by atoms with van der Waals surface area (Å²) in [7, 11) is 1.93. The largest absolute Gasteiger partial charge is 0.393 e. The minimum absolute atomic E-state index is 0.133. The maximum atomic E-state index is 11.5. The minimum atomic E-state index is -0.260. The van der Waals surface area contributed by atoms with Crippen LogP contribution in [0.5, 0.6) is 0 Å². The van der Waals surface area contributed by atoms with Crippen molar-refractivity contribution in [2.24, 2.45) is 11.8 Å². The third-order valence-electron chi connectivity index (χ3n) is 3.74. The van der Waals surface area contributed by atoms with Gasteiger partial charge in [-0.2, -0.15) is 0 Å². The van der Waals surface area contributed by atoms with Gasteiger partial charge in [0.1, 0.15) is 0 Å².